The second-order valence-electron chi connectivity index (χ2n) is 11.6. The van der Waals surface area contributed by atoms with E-state index in [1.165, 1.54) is 12.1 Å². The maximum Gasteiger partial charge on any atom is 0.432 e. The van der Waals surface area contributed by atoms with E-state index in [1.807, 2.05) is 0 Å². The molecule has 0 saturated carbocycles. The second-order valence-corrected chi connectivity index (χ2v) is 11.6. The highest BCUT2D eigenvalue weighted by molar-refractivity contribution is 5.96. The van der Waals surface area contributed by atoms with Crippen molar-refractivity contribution in [1.82, 2.24) is 0 Å². The SMILES string of the molecule is C=CC(=O)OCCCCCCCCOc1ccc(-c2cc(F)c(C(F)(F)Oc3ccc(C(=O)CCCCCOC(=O)C=C)c(F)c3F)c(F)c2)cc1. The molecule has 0 aliphatic carbocycles. The van der Waals surface area contributed by atoms with Gasteiger partial charge in [0.1, 0.15) is 22.9 Å². The number of rotatable bonds is 23. The summed E-state index contributed by atoms with van der Waals surface area (Å²) in [7, 11) is 0. The molecule has 0 aliphatic rings. The van der Waals surface area contributed by atoms with Gasteiger partial charge in [0.25, 0.3) is 0 Å². The van der Waals surface area contributed by atoms with Crippen molar-refractivity contribution in [2.75, 3.05) is 19.8 Å². The number of alkyl halides is 2. The number of benzene rings is 3. The molecule has 0 saturated heterocycles. The molecule has 0 unspecified atom stereocenters. The Labute approximate surface area is 298 Å². The van der Waals surface area contributed by atoms with Crippen molar-refractivity contribution < 1.29 is 59.7 Å². The second kappa shape index (κ2) is 20.7. The minimum atomic E-state index is -4.77. The predicted molar refractivity (Wildman–Crippen MR) is 181 cm³/mol. The van der Waals surface area contributed by atoms with Crippen LogP contribution in [0.25, 0.3) is 11.1 Å². The summed E-state index contributed by atoms with van der Waals surface area (Å²) in [5, 5.41) is 0. The van der Waals surface area contributed by atoms with E-state index >= 15 is 8.78 Å². The molecular formula is C39H40F6O7. The van der Waals surface area contributed by atoms with Crippen LogP contribution in [0, 0.1) is 23.3 Å². The van der Waals surface area contributed by atoms with Crippen LogP contribution in [0.4, 0.5) is 26.3 Å². The number of carbonyl (C=O) groups excluding carboxylic acids is 3. The molecule has 52 heavy (non-hydrogen) atoms. The molecule has 0 aliphatic heterocycles. The monoisotopic (exact) mass is 734 g/mol. The first kappa shape index (κ1) is 41.4. The lowest BCUT2D eigenvalue weighted by Gasteiger charge is -2.20. The lowest BCUT2D eigenvalue weighted by Crippen LogP contribution is -2.26. The fourth-order valence-corrected chi connectivity index (χ4v) is 5.04. The summed E-state index contributed by atoms with van der Waals surface area (Å²) in [4.78, 5) is 34.4. The number of hydrogen-bond acceptors (Lipinski definition) is 7. The molecule has 0 radical (unpaired) electrons. The number of carbonyl (C=O) groups is 3. The van der Waals surface area contributed by atoms with Crippen LogP contribution in [0.2, 0.25) is 0 Å². The average Bonchev–Trinajstić information content (AvgIpc) is 3.11. The normalized spacial score (nSPS) is 11.1. The van der Waals surface area contributed by atoms with Crippen molar-refractivity contribution in [3.05, 3.63) is 108 Å². The van der Waals surface area contributed by atoms with Gasteiger partial charge in [0.05, 0.1) is 25.4 Å². The lowest BCUT2D eigenvalue weighted by atomic mass is 10.0. The van der Waals surface area contributed by atoms with Crippen molar-refractivity contribution in [3.8, 4) is 22.6 Å². The van der Waals surface area contributed by atoms with Gasteiger partial charge in [-0.1, -0.05) is 51.0 Å². The smallest absolute Gasteiger partial charge is 0.432 e. The van der Waals surface area contributed by atoms with Gasteiger partial charge in [-0.25, -0.2) is 22.8 Å². The van der Waals surface area contributed by atoms with E-state index in [-0.39, 0.29) is 25.0 Å². The first-order chi connectivity index (χ1) is 24.9. The van der Waals surface area contributed by atoms with E-state index in [2.05, 4.69) is 17.9 Å². The molecule has 3 aromatic rings. The topological polar surface area (TPSA) is 88.1 Å². The Kier molecular flexibility index (Phi) is 16.5. The summed E-state index contributed by atoms with van der Waals surface area (Å²) < 4.78 is 109. The lowest BCUT2D eigenvalue weighted by molar-refractivity contribution is -0.191. The standard InChI is InChI=1S/C39H40F6O7/c1-3-34(47)50-22-12-8-6-5-7-11-21-49-28-17-15-26(16-18-28)27-24-30(40)36(31(41)25-27)39(44,45)52-33-20-19-29(37(42)38(33)43)32(46)14-10-9-13-23-51-35(48)4-2/h3-4,15-20,24-25H,1-2,5-14,21-23H2. The molecule has 0 aromatic heterocycles. The fraction of sp³-hybridized carbons (Fsp3) is 0.359. The van der Waals surface area contributed by atoms with E-state index in [0.29, 0.717) is 55.6 Å². The summed E-state index contributed by atoms with van der Waals surface area (Å²) in [6, 6.07) is 8.79. The van der Waals surface area contributed by atoms with E-state index in [0.717, 1.165) is 56.7 Å². The number of halogens is 6. The van der Waals surface area contributed by atoms with Crippen LogP contribution in [0.15, 0.2) is 73.8 Å². The number of hydrogen-bond donors (Lipinski definition) is 0. The number of unbranched alkanes of at least 4 members (excludes halogenated alkanes) is 7. The molecule has 3 rings (SSSR count). The predicted octanol–water partition coefficient (Wildman–Crippen LogP) is 9.96. The Hall–Kier alpha value is -5.07. The van der Waals surface area contributed by atoms with Gasteiger partial charge in [-0.2, -0.15) is 13.2 Å². The van der Waals surface area contributed by atoms with Crippen LogP contribution in [-0.4, -0.2) is 37.5 Å². The van der Waals surface area contributed by atoms with Crippen LogP contribution in [0.5, 0.6) is 11.5 Å². The Morgan fingerprint density at radius 3 is 1.71 bits per heavy atom. The summed E-state index contributed by atoms with van der Waals surface area (Å²) in [6.45, 7) is 7.47. The van der Waals surface area contributed by atoms with Crippen molar-refractivity contribution >= 4 is 17.7 Å². The largest absolute Gasteiger partial charge is 0.494 e. The average molecular weight is 735 g/mol. The Balaban J connectivity index is 1.53. The highest BCUT2D eigenvalue weighted by atomic mass is 19.3. The highest BCUT2D eigenvalue weighted by Gasteiger charge is 2.42. The molecule has 0 spiro atoms. The Bertz CT molecular complexity index is 1670. The maximum atomic E-state index is 15.0. The summed E-state index contributed by atoms with van der Waals surface area (Å²) in [6.07, 6.45) is 3.61. The first-order valence-corrected chi connectivity index (χ1v) is 16.8. The molecule has 0 atom stereocenters. The van der Waals surface area contributed by atoms with Gasteiger partial charge < -0.3 is 18.9 Å². The van der Waals surface area contributed by atoms with Gasteiger partial charge in [0, 0.05) is 18.6 Å². The minimum absolute atomic E-state index is 0.0711. The summed E-state index contributed by atoms with van der Waals surface area (Å²) in [5.41, 5.74) is -2.30. The van der Waals surface area contributed by atoms with Gasteiger partial charge in [-0.05, 0) is 79.6 Å². The van der Waals surface area contributed by atoms with E-state index in [9.17, 15) is 31.9 Å². The van der Waals surface area contributed by atoms with Crippen molar-refractivity contribution in [3.63, 3.8) is 0 Å². The summed E-state index contributed by atoms with van der Waals surface area (Å²) in [5.74, 6) is -9.77. The molecule has 280 valence electrons. The third-order valence-corrected chi connectivity index (χ3v) is 7.78. The van der Waals surface area contributed by atoms with Gasteiger partial charge >= 0.3 is 18.0 Å². The van der Waals surface area contributed by atoms with E-state index in [4.69, 9.17) is 14.2 Å². The third kappa shape index (κ3) is 12.6. The number of Topliss-reactive ketones (excluding diaryl/α,β-unsaturated/α-hetero) is 1. The van der Waals surface area contributed by atoms with Gasteiger partial charge in [0.15, 0.2) is 17.3 Å². The van der Waals surface area contributed by atoms with Crippen LogP contribution >= 0.6 is 0 Å². The quantitative estimate of drug-likeness (QED) is 0.0315. The zero-order valence-electron chi connectivity index (χ0n) is 28.5. The number of ketones is 1. The minimum Gasteiger partial charge on any atom is -0.494 e. The maximum absolute atomic E-state index is 15.0. The molecule has 3 aromatic carbocycles. The molecule has 0 N–H and O–H groups in total. The first-order valence-electron chi connectivity index (χ1n) is 16.8. The van der Waals surface area contributed by atoms with Crippen LogP contribution < -0.4 is 9.47 Å². The summed E-state index contributed by atoms with van der Waals surface area (Å²) >= 11 is 0. The van der Waals surface area contributed by atoms with Crippen molar-refractivity contribution in [2.24, 2.45) is 0 Å². The molecule has 0 amide bonds. The van der Waals surface area contributed by atoms with Crippen LogP contribution in [0.3, 0.4) is 0 Å². The van der Waals surface area contributed by atoms with E-state index in [1.54, 1.807) is 12.1 Å². The fourth-order valence-electron chi connectivity index (χ4n) is 5.04. The third-order valence-electron chi connectivity index (χ3n) is 7.78. The molecule has 7 nitrogen and oxygen atoms in total. The zero-order valence-corrected chi connectivity index (χ0v) is 28.5. The van der Waals surface area contributed by atoms with Gasteiger partial charge in [-0.3, -0.25) is 4.79 Å². The highest BCUT2D eigenvalue weighted by Crippen LogP contribution is 2.38. The molecular weight excluding hydrogens is 694 g/mol. The van der Waals surface area contributed by atoms with Gasteiger partial charge in [-0.15, -0.1) is 0 Å². The molecule has 0 heterocycles. The molecule has 0 bridgehead atoms. The number of esters is 2. The molecule has 0 fully saturated rings. The Morgan fingerprint density at radius 2 is 1.15 bits per heavy atom. The molecule has 13 heteroatoms. The zero-order chi connectivity index (χ0) is 38.1. The van der Waals surface area contributed by atoms with Gasteiger partial charge in [0.2, 0.25) is 5.82 Å². The van der Waals surface area contributed by atoms with Crippen LogP contribution in [0.1, 0.15) is 80.1 Å². The van der Waals surface area contributed by atoms with Crippen LogP contribution in [-0.2, 0) is 25.2 Å². The van der Waals surface area contributed by atoms with Crippen molar-refractivity contribution in [2.45, 2.75) is 70.3 Å². The van der Waals surface area contributed by atoms with E-state index < -0.39 is 64.0 Å². The van der Waals surface area contributed by atoms with Crippen molar-refractivity contribution in [1.29, 1.82) is 0 Å². The Morgan fingerprint density at radius 1 is 0.635 bits per heavy atom. The number of ether oxygens (including phenoxy) is 4.